The highest BCUT2D eigenvalue weighted by Gasteiger charge is 2.11. The summed E-state index contributed by atoms with van der Waals surface area (Å²) in [5.41, 5.74) is 6.11. The molecule has 1 aromatic rings. The lowest BCUT2D eigenvalue weighted by Crippen LogP contribution is -2.32. The molecule has 1 rings (SSSR count). The summed E-state index contributed by atoms with van der Waals surface area (Å²) in [6.07, 6.45) is 0. The van der Waals surface area contributed by atoms with E-state index >= 15 is 0 Å². The van der Waals surface area contributed by atoms with Crippen molar-refractivity contribution >= 4 is 17.7 Å². The van der Waals surface area contributed by atoms with Crippen molar-refractivity contribution in [3.8, 4) is 0 Å². The Morgan fingerprint density at radius 3 is 3.19 bits per heavy atom. The SMILES string of the molecule is COCc1cc(CSC[C@@H](N)C(=O)O)no1. The summed E-state index contributed by atoms with van der Waals surface area (Å²) in [6.45, 7) is 0.381. The molecule has 1 aromatic heterocycles. The maximum Gasteiger partial charge on any atom is 0.321 e. The van der Waals surface area contributed by atoms with Crippen LogP contribution in [-0.2, 0) is 21.9 Å². The van der Waals surface area contributed by atoms with Crippen LogP contribution in [0.4, 0.5) is 0 Å². The Hall–Kier alpha value is -1.05. The average molecular weight is 246 g/mol. The van der Waals surface area contributed by atoms with Crippen molar-refractivity contribution in [2.24, 2.45) is 5.73 Å². The van der Waals surface area contributed by atoms with E-state index in [9.17, 15) is 4.79 Å². The van der Waals surface area contributed by atoms with Crippen LogP contribution in [0.15, 0.2) is 10.6 Å². The summed E-state index contributed by atoms with van der Waals surface area (Å²) in [7, 11) is 1.57. The minimum absolute atomic E-state index is 0.349. The van der Waals surface area contributed by atoms with Gasteiger partial charge in [0.25, 0.3) is 0 Å². The van der Waals surface area contributed by atoms with Gasteiger partial charge in [0.1, 0.15) is 12.6 Å². The molecule has 0 aliphatic heterocycles. The smallest absolute Gasteiger partial charge is 0.321 e. The van der Waals surface area contributed by atoms with Crippen molar-refractivity contribution in [3.63, 3.8) is 0 Å². The fourth-order valence-corrected chi connectivity index (χ4v) is 1.86. The summed E-state index contributed by atoms with van der Waals surface area (Å²) in [5, 5.41) is 12.4. The van der Waals surface area contributed by atoms with Crippen LogP contribution in [0.3, 0.4) is 0 Å². The normalized spacial score (nSPS) is 12.6. The topological polar surface area (TPSA) is 98.6 Å². The second kappa shape index (κ2) is 6.51. The highest BCUT2D eigenvalue weighted by Crippen LogP contribution is 2.13. The summed E-state index contributed by atoms with van der Waals surface area (Å²) in [5.74, 6) is 0.587. The third-order valence-electron chi connectivity index (χ3n) is 1.76. The number of aliphatic carboxylic acids is 1. The molecule has 0 fully saturated rings. The van der Waals surface area contributed by atoms with Crippen molar-refractivity contribution in [2.75, 3.05) is 12.9 Å². The number of thioether (sulfide) groups is 1. The van der Waals surface area contributed by atoms with Crippen molar-refractivity contribution in [3.05, 3.63) is 17.5 Å². The molecular weight excluding hydrogens is 232 g/mol. The Labute approximate surface area is 97.1 Å². The van der Waals surface area contributed by atoms with E-state index in [1.807, 2.05) is 0 Å². The predicted molar refractivity (Wildman–Crippen MR) is 59.0 cm³/mol. The van der Waals surface area contributed by atoms with E-state index in [0.29, 0.717) is 23.9 Å². The summed E-state index contributed by atoms with van der Waals surface area (Å²) in [6, 6.07) is 0.943. The van der Waals surface area contributed by atoms with Gasteiger partial charge in [-0.15, -0.1) is 0 Å². The number of ether oxygens (including phenoxy) is 1. The third kappa shape index (κ3) is 4.21. The lowest BCUT2D eigenvalue weighted by atomic mass is 10.4. The molecule has 0 aromatic carbocycles. The number of carbonyl (C=O) groups is 1. The molecule has 0 saturated heterocycles. The largest absolute Gasteiger partial charge is 0.480 e. The molecule has 0 spiro atoms. The number of hydrogen-bond donors (Lipinski definition) is 2. The standard InChI is InChI=1S/C9H14N2O4S/c1-14-3-7-2-6(11-15-7)4-16-5-8(10)9(12)13/h2,8H,3-5,10H2,1H3,(H,12,13)/t8-/m1/s1. The number of rotatable bonds is 7. The molecule has 1 atom stereocenters. The first-order valence-electron chi connectivity index (χ1n) is 4.63. The minimum Gasteiger partial charge on any atom is -0.480 e. The number of carboxylic acid groups (broad SMARTS) is 1. The number of methoxy groups -OCH3 is 1. The van der Waals surface area contributed by atoms with Gasteiger partial charge in [0.15, 0.2) is 5.76 Å². The Morgan fingerprint density at radius 1 is 1.81 bits per heavy atom. The van der Waals surface area contributed by atoms with Crippen LogP contribution in [0.5, 0.6) is 0 Å². The average Bonchev–Trinajstić information content (AvgIpc) is 2.66. The Bertz CT molecular complexity index is 342. The summed E-state index contributed by atoms with van der Waals surface area (Å²) < 4.78 is 9.85. The maximum atomic E-state index is 10.4. The number of aromatic nitrogens is 1. The van der Waals surface area contributed by atoms with Crippen LogP contribution in [0.2, 0.25) is 0 Å². The molecule has 6 nitrogen and oxygen atoms in total. The van der Waals surface area contributed by atoms with Gasteiger partial charge >= 0.3 is 5.97 Å². The quantitative estimate of drug-likeness (QED) is 0.721. The van der Waals surface area contributed by atoms with Crippen molar-refractivity contribution in [1.82, 2.24) is 5.16 Å². The van der Waals surface area contributed by atoms with Crippen LogP contribution in [0, 0.1) is 0 Å². The number of hydrogen-bond acceptors (Lipinski definition) is 6. The van der Waals surface area contributed by atoms with Gasteiger partial charge in [-0.3, -0.25) is 4.79 Å². The molecule has 0 bridgehead atoms. The van der Waals surface area contributed by atoms with Crippen molar-refractivity contribution < 1.29 is 19.2 Å². The van der Waals surface area contributed by atoms with Crippen LogP contribution >= 0.6 is 11.8 Å². The second-order valence-corrected chi connectivity index (χ2v) is 4.21. The monoisotopic (exact) mass is 246 g/mol. The highest BCUT2D eigenvalue weighted by atomic mass is 32.2. The van der Waals surface area contributed by atoms with Gasteiger partial charge in [0.05, 0.1) is 5.69 Å². The van der Waals surface area contributed by atoms with Crippen molar-refractivity contribution in [2.45, 2.75) is 18.4 Å². The van der Waals surface area contributed by atoms with Gasteiger partial charge in [0.2, 0.25) is 0 Å². The van der Waals surface area contributed by atoms with Crippen molar-refractivity contribution in [1.29, 1.82) is 0 Å². The molecule has 1 heterocycles. The number of carboxylic acids is 1. The Balaban J connectivity index is 2.29. The summed E-state index contributed by atoms with van der Waals surface area (Å²) in [4.78, 5) is 10.4. The molecule has 0 aliphatic carbocycles. The molecule has 3 N–H and O–H groups in total. The van der Waals surface area contributed by atoms with E-state index < -0.39 is 12.0 Å². The van der Waals surface area contributed by atoms with Gasteiger partial charge in [0, 0.05) is 24.7 Å². The third-order valence-corrected chi connectivity index (χ3v) is 2.85. The van der Waals surface area contributed by atoms with E-state index in [1.165, 1.54) is 11.8 Å². The van der Waals surface area contributed by atoms with Crippen LogP contribution < -0.4 is 5.73 Å². The summed E-state index contributed by atoms with van der Waals surface area (Å²) >= 11 is 1.41. The van der Waals surface area contributed by atoms with E-state index in [1.54, 1.807) is 13.2 Å². The van der Waals surface area contributed by atoms with Crippen LogP contribution in [0.1, 0.15) is 11.5 Å². The zero-order chi connectivity index (χ0) is 12.0. The molecule has 0 aliphatic rings. The maximum absolute atomic E-state index is 10.4. The first-order chi connectivity index (χ1) is 7.63. The second-order valence-electron chi connectivity index (χ2n) is 3.18. The molecule has 0 saturated carbocycles. The van der Waals surface area contributed by atoms with E-state index in [4.69, 9.17) is 20.1 Å². The first-order valence-corrected chi connectivity index (χ1v) is 5.78. The highest BCUT2D eigenvalue weighted by molar-refractivity contribution is 7.98. The molecule has 7 heteroatoms. The fourth-order valence-electron chi connectivity index (χ4n) is 0.996. The molecular formula is C9H14N2O4S. The lowest BCUT2D eigenvalue weighted by molar-refractivity contribution is -0.137. The zero-order valence-corrected chi connectivity index (χ0v) is 9.70. The Morgan fingerprint density at radius 2 is 2.56 bits per heavy atom. The van der Waals surface area contributed by atoms with Gasteiger partial charge in [-0.05, 0) is 0 Å². The van der Waals surface area contributed by atoms with E-state index in [-0.39, 0.29) is 0 Å². The van der Waals surface area contributed by atoms with Gasteiger partial charge in [-0.1, -0.05) is 5.16 Å². The van der Waals surface area contributed by atoms with Gasteiger partial charge in [-0.25, -0.2) is 0 Å². The fraction of sp³-hybridized carbons (Fsp3) is 0.556. The van der Waals surface area contributed by atoms with Crippen LogP contribution in [0.25, 0.3) is 0 Å². The zero-order valence-electron chi connectivity index (χ0n) is 8.88. The predicted octanol–water partition coefficient (Wildman–Crippen LogP) is 0.466. The molecule has 0 unspecified atom stereocenters. The first kappa shape index (κ1) is 13.0. The Kier molecular flexibility index (Phi) is 5.30. The van der Waals surface area contributed by atoms with Gasteiger partial charge < -0.3 is 20.1 Å². The molecule has 0 radical (unpaired) electrons. The molecule has 16 heavy (non-hydrogen) atoms. The number of nitrogens with zero attached hydrogens (tertiary/aromatic N) is 1. The molecule has 0 amide bonds. The molecule has 90 valence electrons. The van der Waals surface area contributed by atoms with E-state index in [0.717, 1.165) is 5.69 Å². The van der Waals surface area contributed by atoms with Gasteiger partial charge in [-0.2, -0.15) is 11.8 Å². The van der Waals surface area contributed by atoms with E-state index in [2.05, 4.69) is 5.16 Å². The minimum atomic E-state index is -0.993. The lowest BCUT2D eigenvalue weighted by Gasteiger charge is -2.03. The number of nitrogens with two attached hydrogens (primary N) is 1. The van der Waals surface area contributed by atoms with Crippen LogP contribution in [-0.4, -0.2) is 35.1 Å².